The molecule has 0 spiro atoms. The van der Waals surface area contributed by atoms with Gasteiger partial charge < -0.3 is 16.2 Å². The van der Waals surface area contributed by atoms with E-state index in [1.54, 1.807) is 20.8 Å². The van der Waals surface area contributed by atoms with Crippen molar-refractivity contribution >= 4 is 11.5 Å². The number of nitrogens with zero attached hydrogens (tertiary/aromatic N) is 1. The number of nitrogen functional groups attached to an aromatic ring is 1. The summed E-state index contributed by atoms with van der Waals surface area (Å²) in [6, 6.07) is 0. The van der Waals surface area contributed by atoms with Crippen LogP contribution in [0.1, 0.15) is 20.8 Å². The van der Waals surface area contributed by atoms with E-state index in [9.17, 15) is 14.7 Å². The van der Waals surface area contributed by atoms with Gasteiger partial charge in [0.25, 0.3) is 5.56 Å². The molecule has 5 N–H and O–H groups in total. The van der Waals surface area contributed by atoms with Crippen LogP contribution in [0.5, 0.6) is 0 Å². The number of aromatic amines is 1. The van der Waals surface area contributed by atoms with Gasteiger partial charge in [-0.25, -0.2) is 4.79 Å². The first-order chi connectivity index (χ1) is 7.76. The molecule has 7 heteroatoms. The number of H-pyrrole nitrogens is 1. The Hall–Kier alpha value is -1.76. The number of aliphatic hydroxyl groups is 1. The van der Waals surface area contributed by atoms with Crippen molar-refractivity contribution in [3.8, 4) is 0 Å². The average Bonchev–Trinajstić information content (AvgIpc) is 2.15. The lowest BCUT2D eigenvalue weighted by Gasteiger charge is -2.19. The van der Waals surface area contributed by atoms with Crippen LogP contribution in [-0.2, 0) is 6.54 Å². The van der Waals surface area contributed by atoms with Crippen molar-refractivity contribution < 1.29 is 5.11 Å². The van der Waals surface area contributed by atoms with Crippen LogP contribution in [0.3, 0.4) is 0 Å². The summed E-state index contributed by atoms with van der Waals surface area (Å²) in [6.07, 6.45) is 0. The van der Waals surface area contributed by atoms with Crippen molar-refractivity contribution in [3.05, 3.63) is 20.8 Å². The second kappa shape index (κ2) is 4.62. The molecule has 0 atom stereocenters. The van der Waals surface area contributed by atoms with Crippen LogP contribution in [0.15, 0.2) is 9.59 Å². The summed E-state index contributed by atoms with van der Waals surface area (Å²) in [6.45, 7) is 5.46. The fourth-order valence-corrected chi connectivity index (χ4v) is 1.38. The predicted octanol–water partition coefficient (Wildman–Crippen LogP) is -0.678. The first-order valence-electron chi connectivity index (χ1n) is 5.35. The molecule has 0 bridgehead atoms. The Morgan fingerprint density at radius 1 is 1.47 bits per heavy atom. The highest BCUT2D eigenvalue weighted by Gasteiger charge is 2.16. The summed E-state index contributed by atoms with van der Waals surface area (Å²) in [5.74, 6) is 0.0745. The number of anilines is 2. The zero-order chi connectivity index (χ0) is 13.2. The summed E-state index contributed by atoms with van der Waals surface area (Å²) in [5.41, 5.74) is 3.73. The van der Waals surface area contributed by atoms with Crippen molar-refractivity contribution in [2.75, 3.05) is 17.6 Å². The quantitative estimate of drug-likeness (QED) is 0.559. The molecule has 17 heavy (non-hydrogen) atoms. The predicted molar refractivity (Wildman–Crippen MR) is 66.2 cm³/mol. The number of aromatic nitrogens is 2. The highest BCUT2D eigenvalue weighted by Crippen LogP contribution is 2.11. The van der Waals surface area contributed by atoms with E-state index >= 15 is 0 Å². The number of hydrogen-bond acceptors (Lipinski definition) is 5. The summed E-state index contributed by atoms with van der Waals surface area (Å²) in [7, 11) is 0. The zero-order valence-electron chi connectivity index (χ0n) is 10.2. The zero-order valence-corrected chi connectivity index (χ0v) is 10.2. The second-order valence-corrected chi connectivity index (χ2v) is 4.43. The van der Waals surface area contributed by atoms with Gasteiger partial charge in [0.05, 0.1) is 5.60 Å². The minimum absolute atomic E-state index is 0.0745. The Bertz CT molecular complexity index is 510. The van der Waals surface area contributed by atoms with Crippen LogP contribution in [0.4, 0.5) is 11.5 Å². The Labute approximate surface area is 98.3 Å². The molecule has 1 aromatic heterocycles. The van der Waals surface area contributed by atoms with Crippen LogP contribution in [-0.4, -0.2) is 26.8 Å². The second-order valence-electron chi connectivity index (χ2n) is 4.43. The molecule has 0 aromatic carbocycles. The maximum absolute atomic E-state index is 11.6. The summed E-state index contributed by atoms with van der Waals surface area (Å²) >= 11 is 0. The lowest BCUT2D eigenvalue weighted by Crippen LogP contribution is -2.36. The smallest absolute Gasteiger partial charge is 0.330 e. The highest BCUT2D eigenvalue weighted by atomic mass is 16.3. The first-order valence-corrected chi connectivity index (χ1v) is 5.35. The Kier molecular flexibility index (Phi) is 3.62. The standard InChI is InChI=1S/C10H18N4O3/c1-4-14-7(11)6(8(15)13-9(14)16)12-5-10(2,3)17/h12,17H,4-5,11H2,1-3H3,(H,13,15,16). The maximum atomic E-state index is 11.6. The lowest BCUT2D eigenvalue weighted by molar-refractivity contribution is 0.0945. The van der Waals surface area contributed by atoms with Crippen LogP contribution >= 0.6 is 0 Å². The minimum atomic E-state index is -0.980. The van der Waals surface area contributed by atoms with Gasteiger partial charge in [0.2, 0.25) is 0 Å². The maximum Gasteiger partial charge on any atom is 0.330 e. The number of rotatable bonds is 4. The molecule has 96 valence electrons. The third-order valence-corrected chi connectivity index (χ3v) is 2.25. The summed E-state index contributed by atoms with van der Waals surface area (Å²) < 4.78 is 1.24. The third kappa shape index (κ3) is 3.10. The van der Waals surface area contributed by atoms with Gasteiger partial charge in [-0.05, 0) is 20.8 Å². The molecule has 0 amide bonds. The van der Waals surface area contributed by atoms with E-state index in [1.165, 1.54) is 4.57 Å². The topological polar surface area (TPSA) is 113 Å². The molecule has 7 nitrogen and oxygen atoms in total. The van der Waals surface area contributed by atoms with Gasteiger partial charge >= 0.3 is 5.69 Å². The van der Waals surface area contributed by atoms with Crippen LogP contribution in [0.25, 0.3) is 0 Å². The Morgan fingerprint density at radius 3 is 2.53 bits per heavy atom. The van der Waals surface area contributed by atoms with Gasteiger partial charge in [-0.15, -0.1) is 0 Å². The first kappa shape index (κ1) is 13.3. The molecule has 0 aliphatic carbocycles. The van der Waals surface area contributed by atoms with E-state index < -0.39 is 16.9 Å². The average molecular weight is 242 g/mol. The Morgan fingerprint density at radius 2 is 2.06 bits per heavy atom. The fraction of sp³-hybridized carbons (Fsp3) is 0.600. The highest BCUT2D eigenvalue weighted by molar-refractivity contribution is 5.60. The van der Waals surface area contributed by atoms with Crippen LogP contribution < -0.4 is 22.3 Å². The van der Waals surface area contributed by atoms with Crippen molar-refractivity contribution in [2.45, 2.75) is 32.9 Å². The lowest BCUT2D eigenvalue weighted by atomic mass is 10.1. The van der Waals surface area contributed by atoms with E-state index in [0.29, 0.717) is 6.54 Å². The Balaban J connectivity index is 3.17. The molecular weight excluding hydrogens is 224 g/mol. The van der Waals surface area contributed by atoms with Gasteiger partial charge in [-0.2, -0.15) is 0 Å². The van der Waals surface area contributed by atoms with Crippen molar-refractivity contribution in [1.82, 2.24) is 9.55 Å². The monoisotopic (exact) mass is 242 g/mol. The van der Waals surface area contributed by atoms with Crippen molar-refractivity contribution in [2.24, 2.45) is 0 Å². The molecule has 1 rings (SSSR count). The van der Waals surface area contributed by atoms with Gasteiger partial charge in [-0.1, -0.05) is 0 Å². The van der Waals surface area contributed by atoms with Crippen molar-refractivity contribution in [1.29, 1.82) is 0 Å². The van der Waals surface area contributed by atoms with Gasteiger partial charge in [-0.3, -0.25) is 14.3 Å². The summed E-state index contributed by atoms with van der Waals surface area (Å²) in [5, 5.41) is 12.3. The van der Waals surface area contributed by atoms with Crippen molar-refractivity contribution in [3.63, 3.8) is 0 Å². The molecule has 0 saturated carbocycles. The van der Waals surface area contributed by atoms with Gasteiger partial charge in [0, 0.05) is 13.1 Å². The molecule has 0 aliphatic rings. The minimum Gasteiger partial charge on any atom is -0.389 e. The molecule has 1 aromatic rings. The third-order valence-electron chi connectivity index (χ3n) is 2.25. The molecule has 0 unspecified atom stereocenters. The van der Waals surface area contributed by atoms with E-state index in [0.717, 1.165) is 0 Å². The molecule has 0 aliphatic heterocycles. The van der Waals surface area contributed by atoms with Gasteiger partial charge in [0.15, 0.2) is 0 Å². The number of hydrogen-bond donors (Lipinski definition) is 4. The fourth-order valence-electron chi connectivity index (χ4n) is 1.38. The van der Waals surface area contributed by atoms with Crippen LogP contribution in [0.2, 0.25) is 0 Å². The number of nitrogens with two attached hydrogens (primary N) is 1. The molecule has 0 radical (unpaired) electrons. The largest absolute Gasteiger partial charge is 0.389 e. The molecule has 0 fully saturated rings. The normalized spacial score (nSPS) is 11.5. The van der Waals surface area contributed by atoms with Crippen LogP contribution in [0, 0.1) is 0 Å². The number of nitrogens with one attached hydrogen (secondary N) is 2. The molecule has 1 heterocycles. The molecular formula is C10H18N4O3. The van der Waals surface area contributed by atoms with E-state index in [2.05, 4.69) is 10.3 Å². The van der Waals surface area contributed by atoms with E-state index in [-0.39, 0.29) is 18.1 Å². The van der Waals surface area contributed by atoms with Gasteiger partial charge in [0.1, 0.15) is 11.5 Å². The summed E-state index contributed by atoms with van der Waals surface area (Å²) in [4.78, 5) is 25.1. The SMILES string of the molecule is CCn1c(N)c(NCC(C)(C)O)c(=O)[nH]c1=O. The van der Waals surface area contributed by atoms with E-state index in [1.807, 2.05) is 0 Å². The molecule has 0 saturated heterocycles. The van der Waals surface area contributed by atoms with E-state index in [4.69, 9.17) is 5.73 Å².